The van der Waals surface area contributed by atoms with E-state index < -0.39 is 18.0 Å². The van der Waals surface area contributed by atoms with Gasteiger partial charge in [-0.15, -0.1) is 0 Å². The van der Waals surface area contributed by atoms with E-state index in [9.17, 15) is 14.4 Å². The number of amides is 1. The lowest BCUT2D eigenvalue weighted by Crippen LogP contribution is -2.27. The summed E-state index contributed by atoms with van der Waals surface area (Å²) in [5.74, 6) is -1.40. The number of nitrogens with zero attached hydrogens (tertiary/aromatic N) is 1. The fraction of sp³-hybridized carbons (Fsp3) is 0.167. The van der Waals surface area contributed by atoms with Gasteiger partial charge in [0.05, 0.1) is 26.9 Å². The molecule has 1 N–H and O–H groups in total. The molecule has 1 aromatic rings. The van der Waals surface area contributed by atoms with Gasteiger partial charge in [0.2, 0.25) is 0 Å². The van der Waals surface area contributed by atoms with Crippen LogP contribution < -0.4 is 10.2 Å². The van der Waals surface area contributed by atoms with Crippen LogP contribution in [0.3, 0.4) is 0 Å². The smallest absolute Gasteiger partial charge is 0.411 e. The van der Waals surface area contributed by atoms with Crippen LogP contribution in [-0.2, 0) is 23.8 Å². The Morgan fingerprint density at radius 1 is 0.962 bits per heavy atom. The van der Waals surface area contributed by atoms with Gasteiger partial charge < -0.3 is 19.1 Å². The predicted octanol–water partition coefficient (Wildman–Crippen LogP) is 2.35. The number of esters is 2. The van der Waals surface area contributed by atoms with Crippen LogP contribution in [0, 0.1) is 0 Å². The molecule has 26 heavy (non-hydrogen) atoms. The summed E-state index contributed by atoms with van der Waals surface area (Å²) in [4.78, 5) is 37.3. The van der Waals surface area contributed by atoms with E-state index in [1.807, 2.05) is 0 Å². The fourth-order valence-corrected chi connectivity index (χ4v) is 2.27. The third kappa shape index (κ3) is 4.10. The van der Waals surface area contributed by atoms with Crippen LogP contribution in [-0.4, -0.2) is 39.4 Å². The van der Waals surface area contributed by atoms with Crippen molar-refractivity contribution in [2.75, 3.05) is 31.5 Å². The maximum absolute atomic E-state index is 12.4. The van der Waals surface area contributed by atoms with E-state index in [0.717, 1.165) is 0 Å². The van der Waals surface area contributed by atoms with Crippen molar-refractivity contribution in [3.8, 4) is 0 Å². The standard InChI is InChI=1S/C18H18N2O6/c1-24-16(21)14-9-4-5-10-20(15(14)17(22)25-2)13-8-6-7-12(11-13)19-18(23)26-3/h4-11H,1-3H3,(H,19,23). The topological polar surface area (TPSA) is 94.2 Å². The fourth-order valence-electron chi connectivity index (χ4n) is 2.27. The Labute approximate surface area is 150 Å². The number of benzene rings is 1. The van der Waals surface area contributed by atoms with Crippen LogP contribution in [0.1, 0.15) is 0 Å². The van der Waals surface area contributed by atoms with E-state index in [-0.39, 0.29) is 11.3 Å². The maximum Gasteiger partial charge on any atom is 0.411 e. The molecular formula is C18H18N2O6. The highest BCUT2D eigenvalue weighted by Crippen LogP contribution is 2.28. The first-order valence-corrected chi connectivity index (χ1v) is 7.51. The van der Waals surface area contributed by atoms with Gasteiger partial charge in [-0.2, -0.15) is 0 Å². The number of carbonyl (C=O) groups excluding carboxylic acids is 3. The zero-order chi connectivity index (χ0) is 19.1. The molecule has 136 valence electrons. The van der Waals surface area contributed by atoms with Crippen LogP contribution in [0.5, 0.6) is 0 Å². The second kappa shape index (κ2) is 8.52. The van der Waals surface area contributed by atoms with E-state index in [1.54, 1.807) is 42.6 Å². The Balaban J connectivity index is 2.55. The van der Waals surface area contributed by atoms with E-state index in [0.29, 0.717) is 11.4 Å². The highest BCUT2D eigenvalue weighted by atomic mass is 16.5. The molecule has 8 heteroatoms. The minimum absolute atomic E-state index is 0.0143. The zero-order valence-corrected chi connectivity index (χ0v) is 14.5. The Hall–Kier alpha value is -3.55. The minimum Gasteiger partial charge on any atom is -0.465 e. The van der Waals surface area contributed by atoms with Crippen molar-refractivity contribution >= 4 is 29.4 Å². The molecule has 1 aliphatic rings. The van der Waals surface area contributed by atoms with Crippen LogP contribution in [0.2, 0.25) is 0 Å². The molecule has 0 aromatic heterocycles. The summed E-state index contributed by atoms with van der Waals surface area (Å²) >= 11 is 0. The van der Waals surface area contributed by atoms with Gasteiger partial charge in [0.1, 0.15) is 5.70 Å². The van der Waals surface area contributed by atoms with Crippen LogP contribution in [0.25, 0.3) is 0 Å². The van der Waals surface area contributed by atoms with E-state index >= 15 is 0 Å². The Kier molecular flexibility index (Phi) is 6.15. The summed E-state index contributed by atoms with van der Waals surface area (Å²) < 4.78 is 14.2. The lowest BCUT2D eigenvalue weighted by molar-refractivity contribution is -0.139. The van der Waals surface area contributed by atoms with Gasteiger partial charge in [0.25, 0.3) is 0 Å². The third-order valence-corrected chi connectivity index (χ3v) is 3.45. The molecule has 0 saturated heterocycles. The second-order valence-corrected chi connectivity index (χ2v) is 4.98. The van der Waals surface area contributed by atoms with Gasteiger partial charge in [-0.3, -0.25) is 5.32 Å². The average Bonchev–Trinajstić information content (AvgIpc) is 2.89. The number of hydrogen-bond acceptors (Lipinski definition) is 7. The summed E-state index contributed by atoms with van der Waals surface area (Å²) in [7, 11) is 3.70. The number of nitrogens with one attached hydrogen (secondary N) is 1. The summed E-state index contributed by atoms with van der Waals surface area (Å²) in [6, 6.07) is 6.66. The molecule has 0 aliphatic carbocycles. The molecule has 1 heterocycles. The monoisotopic (exact) mass is 358 g/mol. The number of ether oxygens (including phenoxy) is 3. The molecule has 0 saturated carbocycles. The largest absolute Gasteiger partial charge is 0.465 e. The molecule has 0 fully saturated rings. The summed E-state index contributed by atoms with van der Waals surface area (Å²) in [5.41, 5.74) is 0.986. The molecule has 0 spiro atoms. The first kappa shape index (κ1) is 18.8. The molecule has 0 unspecified atom stereocenters. The van der Waals surface area contributed by atoms with E-state index in [4.69, 9.17) is 9.47 Å². The van der Waals surface area contributed by atoms with Crippen molar-refractivity contribution < 1.29 is 28.6 Å². The Morgan fingerprint density at radius 3 is 2.35 bits per heavy atom. The Morgan fingerprint density at radius 2 is 1.69 bits per heavy atom. The van der Waals surface area contributed by atoms with Gasteiger partial charge in [-0.1, -0.05) is 12.1 Å². The van der Waals surface area contributed by atoms with Gasteiger partial charge >= 0.3 is 18.0 Å². The molecule has 1 aliphatic heterocycles. The van der Waals surface area contributed by atoms with Crippen molar-refractivity contribution in [2.45, 2.75) is 0 Å². The normalized spacial score (nSPS) is 13.1. The molecule has 0 bridgehead atoms. The number of allylic oxidation sites excluding steroid dienone is 2. The Bertz CT molecular complexity index is 810. The van der Waals surface area contributed by atoms with Crippen LogP contribution in [0.4, 0.5) is 16.2 Å². The average molecular weight is 358 g/mol. The number of methoxy groups -OCH3 is 3. The van der Waals surface area contributed by atoms with Gasteiger partial charge in [0.15, 0.2) is 0 Å². The second-order valence-electron chi connectivity index (χ2n) is 4.98. The van der Waals surface area contributed by atoms with Gasteiger partial charge in [0, 0.05) is 17.6 Å². The van der Waals surface area contributed by atoms with Crippen molar-refractivity contribution in [3.05, 3.63) is 60.0 Å². The molecule has 8 nitrogen and oxygen atoms in total. The van der Waals surface area contributed by atoms with Gasteiger partial charge in [-0.05, 0) is 30.4 Å². The van der Waals surface area contributed by atoms with E-state index in [1.165, 1.54) is 32.3 Å². The number of carbonyl (C=O) groups is 3. The number of rotatable bonds is 4. The predicted molar refractivity (Wildman–Crippen MR) is 94.3 cm³/mol. The molecular weight excluding hydrogens is 340 g/mol. The minimum atomic E-state index is -0.715. The van der Waals surface area contributed by atoms with Crippen LogP contribution in [0.15, 0.2) is 60.0 Å². The summed E-state index contributed by atoms with van der Waals surface area (Å²) in [6.07, 6.45) is 5.68. The summed E-state index contributed by atoms with van der Waals surface area (Å²) in [5, 5.41) is 2.54. The molecule has 1 aromatic carbocycles. The maximum atomic E-state index is 12.4. The lowest BCUT2D eigenvalue weighted by Gasteiger charge is -2.23. The van der Waals surface area contributed by atoms with Crippen molar-refractivity contribution in [1.82, 2.24) is 0 Å². The molecule has 0 radical (unpaired) electrons. The summed E-state index contributed by atoms with van der Waals surface area (Å²) in [6.45, 7) is 0. The third-order valence-electron chi connectivity index (χ3n) is 3.45. The SMILES string of the molecule is COC(=O)Nc1cccc(N2C=CC=CC(C(=O)OC)=C2C(=O)OC)c1. The first-order valence-electron chi connectivity index (χ1n) is 7.51. The van der Waals surface area contributed by atoms with Crippen molar-refractivity contribution in [1.29, 1.82) is 0 Å². The van der Waals surface area contributed by atoms with Crippen molar-refractivity contribution in [2.24, 2.45) is 0 Å². The lowest BCUT2D eigenvalue weighted by atomic mass is 10.1. The highest BCUT2D eigenvalue weighted by molar-refractivity contribution is 6.05. The quantitative estimate of drug-likeness (QED) is 0.652. The zero-order valence-electron chi connectivity index (χ0n) is 14.5. The molecule has 0 atom stereocenters. The number of anilines is 2. The van der Waals surface area contributed by atoms with Gasteiger partial charge in [-0.25, -0.2) is 14.4 Å². The number of hydrogen-bond donors (Lipinski definition) is 1. The van der Waals surface area contributed by atoms with Crippen molar-refractivity contribution in [3.63, 3.8) is 0 Å². The van der Waals surface area contributed by atoms with E-state index in [2.05, 4.69) is 10.1 Å². The first-order chi connectivity index (χ1) is 12.5. The molecule has 1 amide bonds. The highest BCUT2D eigenvalue weighted by Gasteiger charge is 2.27. The molecule has 2 rings (SSSR count). The van der Waals surface area contributed by atoms with Crippen LogP contribution >= 0.6 is 0 Å².